The zero-order valence-electron chi connectivity index (χ0n) is 20.9. The lowest BCUT2D eigenvalue weighted by molar-refractivity contribution is 0.0720. The summed E-state index contributed by atoms with van der Waals surface area (Å²) in [5.41, 5.74) is 6.87. The number of hydrogen-bond acceptors (Lipinski definition) is 4. The van der Waals surface area contributed by atoms with Crippen molar-refractivity contribution in [3.05, 3.63) is 63.3 Å². The number of aromatic nitrogens is 2. The fourth-order valence-electron chi connectivity index (χ4n) is 4.93. The number of ether oxygens (including phenoxy) is 1. The molecule has 2 aliphatic rings. The van der Waals surface area contributed by atoms with Gasteiger partial charge in [-0.1, -0.05) is 49.5 Å². The number of nitrogens with one attached hydrogen (secondary N) is 1. The molecule has 1 N–H and O–H groups in total. The molecule has 3 aromatic rings. The van der Waals surface area contributed by atoms with E-state index in [-0.39, 0.29) is 18.3 Å². The Bertz CT molecular complexity index is 1300. The van der Waals surface area contributed by atoms with E-state index in [0.717, 1.165) is 48.5 Å². The van der Waals surface area contributed by atoms with Gasteiger partial charge in [0.25, 0.3) is 5.91 Å². The quantitative estimate of drug-likeness (QED) is 0.375. The van der Waals surface area contributed by atoms with E-state index in [1.807, 2.05) is 31.0 Å². The van der Waals surface area contributed by atoms with Gasteiger partial charge in [-0.25, -0.2) is 9.69 Å². The molecule has 0 radical (unpaired) electrons. The first-order valence-electron chi connectivity index (χ1n) is 12.1. The zero-order valence-corrected chi connectivity index (χ0v) is 23.2. The Kier molecular flexibility index (Phi) is 7.63. The first kappa shape index (κ1) is 26.8. The van der Waals surface area contributed by atoms with E-state index in [1.165, 1.54) is 12.0 Å². The lowest BCUT2D eigenvalue weighted by Gasteiger charge is -2.34. The van der Waals surface area contributed by atoms with E-state index in [2.05, 4.69) is 31.4 Å². The Morgan fingerprint density at radius 3 is 2.47 bits per heavy atom. The number of amides is 1. The topological polar surface area (TPSA) is 59.4 Å². The first-order valence-corrected chi connectivity index (χ1v) is 12.9. The van der Waals surface area contributed by atoms with E-state index >= 15 is 0 Å². The van der Waals surface area contributed by atoms with Gasteiger partial charge in [0, 0.05) is 23.7 Å². The fourth-order valence-corrected chi connectivity index (χ4v) is 5.42. The molecule has 192 valence electrons. The van der Waals surface area contributed by atoms with Crippen LogP contribution in [0.2, 0.25) is 10.0 Å². The van der Waals surface area contributed by atoms with Crippen LogP contribution >= 0.6 is 35.6 Å². The van der Waals surface area contributed by atoms with Gasteiger partial charge < -0.3 is 4.74 Å². The van der Waals surface area contributed by atoms with Gasteiger partial charge in [0.15, 0.2) is 5.69 Å². The van der Waals surface area contributed by atoms with Gasteiger partial charge in [-0.15, -0.1) is 12.4 Å². The van der Waals surface area contributed by atoms with Crippen LogP contribution in [0, 0.1) is 0 Å². The number of carbonyl (C=O) groups is 1. The van der Waals surface area contributed by atoms with Crippen molar-refractivity contribution in [3.63, 3.8) is 0 Å². The highest BCUT2D eigenvalue weighted by molar-refractivity contribution is 6.35. The van der Waals surface area contributed by atoms with Crippen LogP contribution in [0.15, 0.2) is 36.4 Å². The van der Waals surface area contributed by atoms with Crippen LogP contribution in [0.3, 0.4) is 0 Å². The molecule has 1 aromatic heterocycles. The third-order valence-corrected chi connectivity index (χ3v) is 7.29. The summed E-state index contributed by atoms with van der Waals surface area (Å²) >= 11 is 12.8. The maximum absolute atomic E-state index is 13.6. The summed E-state index contributed by atoms with van der Waals surface area (Å²) in [4.78, 5) is 13.6. The van der Waals surface area contributed by atoms with E-state index in [0.29, 0.717) is 27.3 Å². The van der Waals surface area contributed by atoms with E-state index < -0.39 is 5.60 Å². The Morgan fingerprint density at radius 1 is 1.08 bits per heavy atom. The van der Waals surface area contributed by atoms with Crippen molar-refractivity contribution in [1.82, 2.24) is 20.2 Å². The highest BCUT2D eigenvalue weighted by Crippen LogP contribution is 2.48. The smallest absolute Gasteiger partial charge is 0.286 e. The highest BCUT2D eigenvalue weighted by Gasteiger charge is 2.42. The molecule has 1 saturated heterocycles. The van der Waals surface area contributed by atoms with Gasteiger partial charge in [0.2, 0.25) is 0 Å². The molecule has 1 fully saturated rings. The van der Waals surface area contributed by atoms with Crippen molar-refractivity contribution in [1.29, 1.82) is 0 Å². The van der Waals surface area contributed by atoms with Crippen molar-refractivity contribution in [2.45, 2.75) is 58.5 Å². The molecule has 0 spiro atoms. The molecular weight excluding hydrogens is 519 g/mol. The molecule has 0 aliphatic carbocycles. The third-order valence-electron chi connectivity index (χ3n) is 6.75. The number of nitrogens with zero attached hydrogens (tertiary/aromatic N) is 3. The van der Waals surface area contributed by atoms with Crippen molar-refractivity contribution >= 4 is 41.5 Å². The van der Waals surface area contributed by atoms with Gasteiger partial charge in [-0.2, -0.15) is 5.10 Å². The molecule has 0 saturated carbocycles. The molecule has 9 heteroatoms. The normalized spacial score (nSPS) is 16.5. The summed E-state index contributed by atoms with van der Waals surface area (Å²) in [5.74, 6) is 0.878. The Hall–Kier alpha value is -2.25. The van der Waals surface area contributed by atoms with Crippen molar-refractivity contribution in [3.8, 4) is 22.7 Å². The van der Waals surface area contributed by atoms with Gasteiger partial charge in [-0.05, 0) is 68.5 Å². The van der Waals surface area contributed by atoms with Crippen molar-refractivity contribution in [2.24, 2.45) is 0 Å². The number of hydrogen-bond donors (Lipinski definition) is 1. The van der Waals surface area contributed by atoms with E-state index in [9.17, 15) is 4.79 Å². The van der Waals surface area contributed by atoms with Crippen LogP contribution in [0.4, 0.5) is 0 Å². The average Bonchev–Trinajstić information content (AvgIpc) is 3.21. The Balaban J connectivity index is 0.00000304. The second kappa shape index (κ2) is 10.3. The summed E-state index contributed by atoms with van der Waals surface area (Å²) in [6, 6.07) is 11.5. The molecule has 3 heterocycles. The van der Waals surface area contributed by atoms with Crippen LogP contribution in [0.1, 0.15) is 74.5 Å². The van der Waals surface area contributed by atoms with E-state index in [4.69, 9.17) is 33.0 Å². The minimum absolute atomic E-state index is 0. The second-order valence-corrected chi connectivity index (χ2v) is 10.9. The maximum Gasteiger partial charge on any atom is 0.286 e. The van der Waals surface area contributed by atoms with Gasteiger partial charge in [0.1, 0.15) is 11.4 Å². The average molecular weight is 550 g/mol. The largest absolute Gasteiger partial charge is 0.482 e. The maximum atomic E-state index is 13.6. The van der Waals surface area contributed by atoms with Crippen molar-refractivity contribution in [2.75, 3.05) is 13.1 Å². The number of carbonyl (C=O) groups excluding carboxylic acids is 1. The summed E-state index contributed by atoms with van der Waals surface area (Å²) in [6.45, 7) is 9.93. The number of halogens is 3. The Labute approximate surface area is 228 Å². The Morgan fingerprint density at radius 2 is 1.81 bits per heavy atom. The monoisotopic (exact) mass is 548 g/mol. The van der Waals surface area contributed by atoms with Crippen LogP contribution in [-0.4, -0.2) is 33.8 Å². The number of hydrazine groups is 1. The fraction of sp³-hybridized carbons (Fsp3) is 0.407. The second-order valence-electron chi connectivity index (χ2n) is 10.1. The predicted molar refractivity (Wildman–Crippen MR) is 147 cm³/mol. The van der Waals surface area contributed by atoms with E-state index in [1.54, 1.807) is 16.8 Å². The predicted octanol–water partition coefficient (Wildman–Crippen LogP) is 7.15. The third kappa shape index (κ3) is 4.84. The van der Waals surface area contributed by atoms with Crippen LogP contribution in [0.5, 0.6) is 5.75 Å². The molecule has 0 unspecified atom stereocenters. The first-order chi connectivity index (χ1) is 16.7. The number of rotatable bonds is 4. The molecule has 36 heavy (non-hydrogen) atoms. The van der Waals surface area contributed by atoms with Crippen molar-refractivity contribution < 1.29 is 9.53 Å². The minimum atomic E-state index is -0.788. The lowest BCUT2D eigenvalue weighted by Crippen LogP contribution is -2.46. The highest BCUT2D eigenvalue weighted by atomic mass is 35.5. The summed E-state index contributed by atoms with van der Waals surface area (Å²) < 4.78 is 8.28. The van der Waals surface area contributed by atoms with Crippen LogP contribution < -0.4 is 10.2 Å². The number of piperidine rings is 1. The number of benzene rings is 2. The lowest BCUT2D eigenvalue weighted by atomic mass is 9.87. The molecule has 0 bridgehead atoms. The standard InChI is InChI=1S/C27H30Cl2N4O2.ClH/c1-16(2)17-8-10-19-22(14-17)35-27(3,4)23-24(26(34)31-32-12-6-5-7-13-32)30-33(25(19)23)21-11-9-18(28)15-20(21)29;/h8-11,14-16H,5-7,12-13H2,1-4H3,(H,31,34);1H. The zero-order chi connectivity index (χ0) is 24.9. The molecule has 2 aliphatic heterocycles. The molecule has 5 rings (SSSR count). The molecule has 6 nitrogen and oxygen atoms in total. The van der Waals surface area contributed by atoms with Crippen LogP contribution in [0.25, 0.3) is 16.9 Å². The van der Waals surface area contributed by atoms with Gasteiger partial charge >= 0.3 is 0 Å². The van der Waals surface area contributed by atoms with Gasteiger partial charge in [0.05, 0.1) is 22.0 Å². The molecule has 2 aromatic carbocycles. The minimum Gasteiger partial charge on any atom is -0.482 e. The molecule has 0 atom stereocenters. The SMILES string of the molecule is CC(C)c1ccc2c(c1)OC(C)(C)c1c(C(=O)NN3CCCCC3)nn(-c3ccc(Cl)cc3Cl)c1-2.Cl. The summed E-state index contributed by atoms with van der Waals surface area (Å²) in [7, 11) is 0. The summed E-state index contributed by atoms with van der Waals surface area (Å²) in [5, 5.41) is 7.81. The molecular formula is C27H31Cl3N4O2. The van der Waals surface area contributed by atoms with Crippen LogP contribution in [-0.2, 0) is 5.60 Å². The summed E-state index contributed by atoms with van der Waals surface area (Å²) in [6.07, 6.45) is 3.31. The van der Waals surface area contributed by atoms with Gasteiger partial charge in [-0.3, -0.25) is 10.2 Å². The molecule has 1 amide bonds. The number of fused-ring (bicyclic) bond motifs is 3.